The molecule has 1 saturated heterocycles. The molecule has 0 unspecified atom stereocenters. The molecule has 1 aliphatic rings. The van der Waals surface area contributed by atoms with Gasteiger partial charge in [0.1, 0.15) is 5.75 Å². The zero-order chi connectivity index (χ0) is 17.8. The maximum absolute atomic E-state index is 12.8. The Morgan fingerprint density at radius 2 is 1.96 bits per heavy atom. The van der Waals surface area contributed by atoms with E-state index in [0.717, 1.165) is 31.6 Å². The zero-order valence-electron chi connectivity index (χ0n) is 14.9. The Bertz CT molecular complexity index is 704. The van der Waals surface area contributed by atoms with E-state index in [0.29, 0.717) is 24.6 Å². The van der Waals surface area contributed by atoms with Crippen molar-refractivity contribution >= 4 is 17.2 Å². The van der Waals surface area contributed by atoms with Gasteiger partial charge in [0.15, 0.2) is 0 Å². The zero-order valence-corrected chi connectivity index (χ0v) is 15.8. The number of benzene rings is 1. The van der Waals surface area contributed by atoms with Crippen LogP contribution in [0, 0.1) is 0 Å². The number of rotatable bonds is 5. The van der Waals surface area contributed by atoms with Crippen LogP contribution in [0.5, 0.6) is 5.75 Å². The Kier molecular flexibility index (Phi) is 5.76. The SMILES string of the molecule is CC(C)c1ccc(O)c(C(=O)N2CCN(CCc3cccs3)CC2)c1. The largest absolute Gasteiger partial charge is 0.507 e. The molecule has 1 aliphatic heterocycles. The third-order valence-electron chi connectivity index (χ3n) is 4.83. The van der Waals surface area contributed by atoms with Gasteiger partial charge in [0, 0.05) is 37.6 Å². The predicted octanol–water partition coefficient (Wildman–Crippen LogP) is 3.58. The molecule has 4 nitrogen and oxygen atoms in total. The first kappa shape index (κ1) is 18.0. The summed E-state index contributed by atoms with van der Waals surface area (Å²) in [5.74, 6) is 0.355. The topological polar surface area (TPSA) is 43.8 Å². The fourth-order valence-electron chi connectivity index (χ4n) is 3.15. The highest BCUT2D eigenvalue weighted by Crippen LogP contribution is 2.25. The van der Waals surface area contributed by atoms with Gasteiger partial charge in [-0.05, 0) is 41.5 Å². The van der Waals surface area contributed by atoms with Crippen LogP contribution >= 0.6 is 11.3 Å². The molecule has 0 spiro atoms. The third kappa shape index (κ3) is 4.41. The lowest BCUT2D eigenvalue weighted by Gasteiger charge is -2.34. The van der Waals surface area contributed by atoms with Gasteiger partial charge in [-0.1, -0.05) is 26.0 Å². The average molecular weight is 359 g/mol. The number of phenolic OH excluding ortho intramolecular Hbond substituents is 1. The summed E-state index contributed by atoms with van der Waals surface area (Å²) in [7, 11) is 0. The molecule has 1 aromatic heterocycles. The molecule has 2 heterocycles. The number of nitrogens with zero attached hydrogens (tertiary/aromatic N) is 2. The third-order valence-corrected chi connectivity index (χ3v) is 5.77. The minimum Gasteiger partial charge on any atom is -0.507 e. The number of carbonyl (C=O) groups excluding carboxylic acids is 1. The molecule has 134 valence electrons. The summed E-state index contributed by atoms with van der Waals surface area (Å²) in [6.07, 6.45) is 1.07. The van der Waals surface area contributed by atoms with E-state index in [1.165, 1.54) is 4.88 Å². The van der Waals surface area contributed by atoms with E-state index in [2.05, 4.69) is 36.3 Å². The van der Waals surface area contributed by atoms with Gasteiger partial charge in [0.2, 0.25) is 0 Å². The van der Waals surface area contributed by atoms with Crippen LogP contribution in [0.2, 0.25) is 0 Å². The summed E-state index contributed by atoms with van der Waals surface area (Å²) < 4.78 is 0. The summed E-state index contributed by atoms with van der Waals surface area (Å²) in [4.78, 5) is 18.5. The van der Waals surface area contributed by atoms with Gasteiger partial charge in [0.05, 0.1) is 5.56 Å². The lowest BCUT2D eigenvalue weighted by atomic mass is 9.99. The van der Waals surface area contributed by atoms with Crippen molar-refractivity contribution in [2.24, 2.45) is 0 Å². The van der Waals surface area contributed by atoms with Gasteiger partial charge in [-0.2, -0.15) is 0 Å². The highest BCUT2D eigenvalue weighted by atomic mass is 32.1. The number of piperazine rings is 1. The summed E-state index contributed by atoms with van der Waals surface area (Å²) in [5.41, 5.74) is 1.51. The first-order valence-electron chi connectivity index (χ1n) is 8.91. The summed E-state index contributed by atoms with van der Waals surface area (Å²) in [6.45, 7) is 8.43. The molecule has 25 heavy (non-hydrogen) atoms. The Morgan fingerprint density at radius 3 is 2.60 bits per heavy atom. The monoisotopic (exact) mass is 358 g/mol. The molecule has 3 rings (SSSR count). The van der Waals surface area contributed by atoms with E-state index in [4.69, 9.17) is 0 Å². The van der Waals surface area contributed by atoms with Gasteiger partial charge >= 0.3 is 0 Å². The fourth-order valence-corrected chi connectivity index (χ4v) is 3.85. The van der Waals surface area contributed by atoms with Crippen LogP contribution < -0.4 is 0 Å². The Morgan fingerprint density at radius 1 is 1.20 bits per heavy atom. The van der Waals surface area contributed by atoms with Crippen LogP contribution in [-0.2, 0) is 6.42 Å². The van der Waals surface area contributed by atoms with Gasteiger partial charge < -0.3 is 10.0 Å². The van der Waals surface area contributed by atoms with Crippen LogP contribution in [-0.4, -0.2) is 53.5 Å². The van der Waals surface area contributed by atoms with Crippen molar-refractivity contribution in [2.45, 2.75) is 26.2 Å². The molecular weight excluding hydrogens is 332 g/mol. The van der Waals surface area contributed by atoms with Crippen LogP contribution in [0.1, 0.15) is 40.6 Å². The molecular formula is C20H26N2O2S. The highest BCUT2D eigenvalue weighted by molar-refractivity contribution is 7.09. The number of thiophene rings is 1. The number of amides is 1. The number of carbonyl (C=O) groups is 1. The van der Waals surface area contributed by atoms with Crippen molar-refractivity contribution in [3.05, 3.63) is 51.7 Å². The average Bonchev–Trinajstić information content (AvgIpc) is 3.13. The molecule has 0 aliphatic carbocycles. The molecule has 5 heteroatoms. The second-order valence-corrected chi connectivity index (χ2v) is 7.93. The molecule has 1 fully saturated rings. The van der Waals surface area contributed by atoms with E-state index in [9.17, 15) is 9.90 Å². The van der Waals surface area contributed by atoms with Gasteiger partial charge in [-0.3, -0.25) is 9.69 Å². The number of hydrogen-bond donors (Lipinski definition) is 1. The van der Waals surface area contributed by atoms with Crippen molar-refractivity contribution in [2.75, 3.05) is 32.7 Å². The summed E-state index contributed by atoms with van der Waals surface area (Å²) in [5, 5.41) is 12.2. The minimum atomic E-state index is -0.0575. The van der Waals surface area contributed by atoms with Crippen LogP contribution in [0.25, 0.3) is 0 Å². The smallest absolute Gasteiger partial charge is 0.257 e. The second kappa shape index (κ2) is 8.02. The maximum atomic E-state index is 12.8. The van der Waals surface area contributed by atoms with Crippen molar-refractivity contribution in [1.82, 2.24) is 9.80 Å². The first-order chi connectivity index (χ1) is 12.0. The van der Waals surface area contributed by atoms with Crippen molar-refractivity contribution in [3.8, 4) is 5.75 Å². The molecule has 1 N–H and O–H groups in total. The van der Waals surface area contributed by atoms with Crippen LogP contribution in [0.4, 0.5) is 0 Å². The van der Waals surface area contributed by atoms with E-state index in [1.807, 2.05) is 17.0 Å². The number of aromatic hydroxyl groups is 1. The van der Waals surface area contributed by atoms with Gasteiger partial charge in [0.25, 0.3) is 5.91 Å². The fraction of sp³-hybridized carbons (Fsp3) is 0.450. The molecule has 1 aromatic carbocycles. The standard InChI is InChI=1S/C20H26N2O2S/c1-15(2)16-5-6-19(23)18(14-16)20(24)22-11-9-21(10-12-22)8-7-17-4-3-13-25-17/h3-6,13-15,23H,7-12H2,1-2H3. The first-order valence-corrected chi connectivity index (χ1v) is 9.79. The van der Waals surface area contributed by atoms with E-state index in [-0.39, 0.29) is 11.7 Å². The Balaban J connectivity index is 1.57. The van der Waals surface area contributed by atoms with E-state index < -0.39 is 0 Å². The normalized spacial score (nSPS) is 15.7. The van der Waals surface area contributed by atoms with Gasteiger partial charge in [-0.15, -0.1) is 11.3 Å². The quantitative estimate of drug-likeness (QED) is 0.888. The summed E-state index contributed by atoms with van der Waals surface area (Å²) in [6, 6.07) is 9.63. The van der Waals surface area contributed by atoms with E-state index in [1.54, 1.807) is 17.4 Å². The Hall–Kier alpha value is -1.85. The second-order valence-electron chi connectivity index (χ2n) is 6.89. The van der Waals surface area contributed by atoms with Crippen LogP contribution in [0.3, 0.4) is 0 Å². The number of phenols is 1. The van der Waals surface area contributed by atoms with Crippen LogP contribution in [0.15, 0.2) is 35.7 Å². The van der Waals surface area contributed by atoms with E-state index >= 15 is 0 Å². The molecule has 0 bridgehead atoms. The molecule has 2 aromatic rings. The van der Waals surface area contributed by atoms with Crippen molar-refractivity contribution in [3.63, 3.8) is 0 Å². The summed E-state index contributed by atoms with van der Waals surface area (Å²) >= 11 is 1.80. The molecule has 1 amide bonds. The van der Waals surface area contributed by atoms with Gasteiger partial charge in [-0.25, -0.2) is 0 Å². The van der Waals surface area contributed by atoms with Crippen molar-refractivity contribution < 1.29 is 9.90 Å². The molecule has 0 saturated carbocycles. The lowest BCUT2D eigenvalue weighted by Crippen LogP contribution is -2.49. The minimum absolute atomic E-state index is 0.0575. The molecule has 0 radical (unpaired) electrons. The lowest BCUT2D eigenvalue weighted by molar-refractivity contribution is 0.0635. The Labute approximate surface area is 153 Å². The van der Waals surface area contributed by atoms with Crippen molar-refractivity contribution in [1.29, 1.82) is 0 Å². The number of hydrogen-bond acceptors (Lipinski definition) is 4. The highest BCUT2D eigenvalue weighted by Gasteiger charge is 2.24. The predicted molar refractivity (Wildman–Crippen MR) is 103 cm³/mol. The maximum Gasteiger partial charge on any atom is 0.257 e. The molecule has 0 atom stereocenters.